The number of carbonyl (C=O) groups is 1. The van der Waals surface area contributed by atoms with Crippen LogP contribution < -0.4 is 4.90 Å². The van der Waals surface area contributed by atoms with Crippen molar-refractivity contribution in [2.75, 3.05) is 11.4 Å². The maximum absolute atomic E-state index is 12.7. The van der Waals surface area contributed by atoms with E-state index in [9.17, 15) is 4.79 Å². The number of benzene rings is 1. The molecule has 0 saturated heterocycles. The Morgan fingerprint density at radius 3 is 2.95 bits per heavy atom. The second-order valence-corrected chi connectivity index (χ2v) is 6.51. The van der Waals surface area contributed by atoms with Gasteiger partial charge in [-0.2, -0.15) is 0 Å². The lowest BCUT2D eigenvalue weighted by molar-refractivity contribution is 0.0988. The van der Waals surface area contributed by atoms with Gasteiger partial charge in [-0.3, -0.25) is 4.79 Å². The van der Waals surface area contributed by atoms with Crippen molar-refractivity contribution in [3.8, 4) is 0 Å². The third kappa shape index (κ3) is 2.23. The van der Waals surface area contributed by atoms with Gasteiger partial charge in [-0.25, -0.2) is 0 Å². The minimum absolute atomic E-state index is 0.108. The lowest BCUT2D eigenvalue weighted by atomic mass is 9.98. The van der Waals surface area contributed by atoms with Gasteiger partial charge in [-0.15, -0.1) is 11.3 Å². The van der Waals surface area contributed by atoms with Crippen LogP contribution in [0.25, 0.3) is 0 Å². The number of thiophene rings is 1. The number of carbonyl (C=O) groups excluding carboxylic acids is 1. The summed E-state index contributed by atoms with van der Waals surface area (Å²) in [6.45, 7) is 2.88. The smallest absolute Gasteiger partial charge is 0.269 e. The molecule has 1 aliphatic rings. The molecule has 0 radical (unpaired) electrons. The third-order valence-corrected chi connectivity index (χ3v) is 5.30. The quantitative estimate of drug-likeness (QED) is 0.755. The molecule has 0 unspecified atom stereocenters. The van der Waals surface area contributed by atoms with Crippen LogP contribution in [0.1, 0.15) is 27.2 Å². The molecule has 1 amide bonds. The summed E-state index contributed by atoms with van der Waals surface area (Å²) in [5.74, 6) is 0.108. The zero-order chi connectivity index (χ0) is 13.4. The summed E-state index contributed by atoms with van der Waals surface area (Å²) in [4.78, 5) is 15.4. The number of fused-ring (bicyclic) bond motifs is 1. The van der Waals surface area contributed by atoms with Gasteiger partial charge in [-0.1, -0.05) is 18.2 Å². The van der Waals surface area contributed by atoms with Crippen molar-refractivity contribution < 1.29 is 4.79 Å². The topological polar surface area (TPSA) is 20.3 Å². The van der Waals surface area contributed by atoms with Crippen LogP contribution in [0.4, 0.5) is 5.69 Å². The Kier molecular flexibility index (Phi) is 3.46. The highest BCUT2D eigenvalue weighted by Gasteiger charge is 2.26. The van der Waals surface area contributed by atoms with Crippen molar-refractivity contribution in [1.82, 2.24) is 0 Å². The van der Waals surface area contributed by atoms with Crippen molar-refractivity contribution in [3.63, 3.8) is 0 Å². The molecule has 2 heterocycles. The van der Waals surface area contributed by atoms with Gasteiger partial charge >= 0.3 is 0 Å². The maximum atomic E-state index is 12.7. The summed E-state index contributed by atoms with van der Waals surface area (Å²) in [6.07, 6.45) is 2.09. The molecule has 98 valence electrons. The predicted octanol–water partition coefficient (Wildman–Crippen LogP) is 4.41. The number of rotatable bonds is 1. The Morgan fingerprint density at radius 1 is 1.37 bits per heavy atom. The molecule has 0 aliphatic carbocycles. The largest absolute Gasteiger partial charge is 0.307 e. The van der Waals surface area contributed by atoms with Crippen LogP contribution in [0, 0.1) is 6.92 Å². The number of para-hydroxylation sites is 1. The van der Waals surface area contributed by atoms with E-state index in [1.165, 1.54) is 22.5 Å². The summed E-state index contributed by atoms with van der Waals surface area (Å²) in [5.41, 5.74) is 3.57. The Morgan fingerprint density at radius 2 is 2.21 bits per heavy atom. The molecule has 0 fully saturated rings. The summed E-state index contributed by atoms with van der Waals surface area (Å²) in [5, 5.41) is 1.94. The van der Waals surface area contributed by atoms with Crippen LogP contribution in [0.15, 0.2) is 34.1 Å². The molecule has 1 aromatic heterocycles. The normalized spacial score (nSPS) is 14.3. The molecule has 2 aromatic rings. The number of aryl methyl sites for hydroxylation is 2. The summed E-state index contributed by atoms with van der Waals surface area (Å²) in [6, 6.07) is 8.21. The molecule has 0 spiro atoms. The molecule has 3 rings (SSSR count). The van der Waals surface area contributed by atoms with E-state index in [0.717, 1.165) is 34.4 Å². The van der Waals surface area contributed by atoms with Gasteiger partial charge in [0.05, 0.1) is 5.69 Å². The van der Waals surface area contributed by atoms with Crippen molar-refractivity contribution in [1.29, 1.82) is 0 Å². The number of hydrogen-bond acceptors (Lipinski definition) is 2. The maximum Gasteiger partial charge on any atom is 0.269 e. The first-order valence-electron chi connectivity index (χ1n) is 6.32. The summed E-state index contributed by atoms with van der Waals surface area (Å²) in [7, 11) is 0. The standard InChI is InChI=1S/C15H14BrNOS/c1-10-4-2-5-11-6-3-8-17(13(10)11)15(18)14-12(16)7-9-19-14/h2,4-5,7,9H,3,6,8H2,1H3. The van der Waals surface area contributed by atoms with Gasteiger partial charge in [0.15, 0.2) is 0 Å². The molecule has 1 aliphatic heterocycles. The first-order chi connectivity index (χ1) is 9.18. The van der Waals surface area contributed by atoms with Gasteiger partial charge in [0.25, 0.3) is 5.91 Å². The fourth-order valence-corrected chi connectivity index (χ4v) is 4.11. The van der Waals surface area contributed by atoms with E-state index in [-0.39, 0.29) is 5.91 Å². The minimum Gasteiger partial charge on any atom is -0.307 e. The highest BCUT2D eigenvalue weighted by atomic mass is 79.9. The van der Waals surface area contributed by atoms with Gasteiger partial charge in [0, 0.05) is 11.0 Å². The van der Waals surface area contributed by atoms with Gasteiger partial charge in [0.2, 0.25) is 0 Å². The minimum atomic E-state index is 0.108. The van der Waals surface area contributed by atoms with E-state index in [1.54, 1.807) is 0 Å². The SMILES string of the molecule is Cc1cccc2c1N(C(=O)c1sccc1Br)CCC2. The van der Waals surface area contributed by atoms with Crippen LogP contribution >= 0.6 is 27.3 Å². The zero-order valence-corrected chi connectivity index (χ0v) is 13.1. The first kappa shape index (κ1) is 12.9. The zero-order valence-electron chi connectivity index (χ0n) is 10.6. The first-order valence-corrected chi connectivity index (χ1v) is 7.99. The highest BCUT2D eigenvalue weighted by Crippen LogP contribution is 2.33. The number of amides is 1. The van der Waals surface area contributed by atoms with Crippen molar-refractivity contribution >= 4 is 38.9 Å². The summed E-state index contributed by atoms with van der Waals surface area (Å²) < 4.78 is 0.892. The Hall–Kier alpha value is -1.13. The number of hydrogen-bond donors (Lipinski definition) is 0. The van der Waals surface area contributed by atoms with Gasteiger partial charge in [0.1, 0.15) is 4.88 Å². The molecule has 0 N–H and O–H groups in total. The number of anilines is 1. The second kappa shape index (κ2) is 5.10. The molecular formula is C15H14BrNOS. The lowest BCUT2D eigenvalue weighted by Gasteiger charge is -2.30. The third-order valence-electron chi connectivity index (χ3n) is 3.48. The fourth-order valence-electron chi connectivity index (χ4n) is 2.62. The Labute approximate surface area is 125 Å². The van der Waals surface area contributed by atoms with Crippen LogP contribution in [-0.2, 0) is 6.42 Å². The average Bonchev–Trinajstić information content (AvgIpc) is 2.84. The van der Waals surface area contributed by atoms with Crippen LogP contribution in [0.2, 0.25) is 0 Å². The van der Waals surface area contributed by atoms with Gasteiger partial charge < -0.3 is 4.90 Å². The molecular weight excluding hydrogens is 322 g/mol. The Bertz CT molecular complexity index is 635. The van der Waals surface area contributed by atoms with E-state index < -0.39 is 0 Å². The summed E-state index contributed by atoms with van der Waals surface area (Å²) >= 11 is 4.95. The molecule has 0 bridgehead atoms. The molecule has 1 aromatic carbocycles. The monoisotopic (exact) mass is 335 g/mol. The molecule has 0 atom stereocenters. The van der Waals surface area contributed by atoms with E-state index in [0.29, 0.717) is 0 Å². The predicted molar refractivity (Wildman–Crippen MR) is 83.2 cm³/mol. The second-order valence-electron chi connectivity index (χ2n) is 4.74. The molecule has 2 nitrogen and oxygen atoms in total. The fraction of sp³-hybridized carbons (Fsp3) is 0.267. The average molecular weight is 336 g/mol. The van der Waals surface area contributed by atoms with Gasteiger partial charge in [-0.05, 0) is 58.3 Å². The Balaban J connectivity index is 2.05. The van der Waals surface area contributed by atoms with E-state index in [4.69, 9.17) is 0 Å². The van der Waals surface area contributed by atoms with Crippen LogP contribution in [0.5, 0.6) is 0 Å². The van der Waals surface area contributed by atoms with E-state index >= 15 is 0 Å². The van der Waals surface area contributed by atoms with Crippen molar-refractivity contribution in [2.45, 2.75) is 19.8 Å². The van der Waals surface area contributed by atoms with Crippen molar-refractivity contribution in [2.24, 2.45) is 0 Å². The lowest BCUT2D eigenvalue weighted by Crippen LogP contribution is -2.35. The molecule has 4 heteroatoms. The van der Waals surface area contributed by atoms with E-state index in [2.05, 4.69) is 41.1 Å². The van der Waals surface area contributed by atoms with Crippen molar-refractivity contribution in [3.05, 3.63) is 50.1 Å². The highest BCUT2D eigenvalue weighted by molar-refractivity contribution is 9.10. The molecule has 0 saturated carbocycles. The van der Waals surface area contributed by atoms with Crippen LogP contribution in [0.3, 0.4) is 0 Å². The van der Waals surface area contributed by atoms with Crippen LogP contribution in [-0.4, -0.2) is 12.5 Å². The van der Waals surface area contributed by atoms with E-state index in [1.807, 2.05) is 16.3 Å². The number of nitrogens with zero attached hydrogens (tertiary/aromatic N) is 1. The molecule has 19 heavy (non-hydrogen) atoms. The number of halogens is 1.